The first-order chi connectivity index (χ1) is 30.6. The predicted octanol–water partition coefficient (Wildman–Crippen LogP) is 15.3. The van der Waals surface area contributed by atoms with Crippen molar-refractivity contribution < 1.29 is 28.5 Å². The van der Waals surface area contributed by atoms with E-state index < -0.39 is 0 Å². The third-order valence-corrected chi connectivity index (χ3v) is 12.8. The minimum Gasteiger partial charge on any atom is -0.491 e. The minimum absolute atomic E-state index is 0.116. The lowest BCUT2D eigenvalue weighted by molar-refractivity contribution is -0.126. The normalized spacial score (nSPS) is 16.0. The molecule has 0 heterocycles. The van der Waals surface area contributed by atoms with Gasteiger partial charge >= 0.3 is 0 Å². The number of ether oxygens (including phenoxy) is 4. The lowest BCUT2D eigenvalue weighted by Crippen LogP contribution is -2.27. The lowest BCUT2D eigenvalue weighted by Gasteiger charge is -2.30. The summed E-state index contributed by atoms with van der Waals surface area (Å²) in [5.74, 6) is 4.55. The Morgan fingerprint density at radius 1 is 0.455 bits per heavy atom. The molecule has 6 unspecified atom stereocenters. The zero-order chi connectivity index (χ0) is 49.7. The van der Waals surface area contributed by atoms with E-state index in [0.29, 0.717) is 98.6 Å². The molecule has 378 valence electrons. The first-order valence-electron chi connectivity index (χ1n) is 26.0. The number of carbonyl (C=O) groups excluding carboxylic acids is 2. The zero-order valence-corrected chi connectivity index (χ0v) is 45.4. The number of carbonyl (C=O) groups is 2. The van der Waals surface area contributed by atoms with E-state index in [9.17, 15) is 9.59 Å². The third kappa shape index (κ3) is 26.7. The maximum atomic E-state index is 13.5. The maximum absolute atomic E-state index is 13.5. The highest BCUT2D eigenvalue weighted by atomic mass is 16.5. The summed E-state index contributed by atoms with van der Waals surface area (Å²) in [5.41, 5.74) is 9.67. The van der Waals surface area contributed by atoms with Gasteiger partial charge in [-0.05, 0) is 145 Å². The van der Waals surface area contributed by atoms with E-state index in [0.717, 1.165) is 74.0 Å². The number of hydrogen-bond acceptors (Lipinski definition) is 7. The lowest BCUT2D eigenvalue weighted by atomic mass is 9.74. The van der Waals surface area contributed by atoms with Crippen molar-refractivity contribution in [2.75, 3.05) is 39.6 Å². The Morgan fingerprint density at radius 3 is 1.08 bits per heavy atom. The summed E-state index contributed by atoms with van der Waals surface area (Å²) in [6.45, 7) is 39.6. The van der Waals surface area contributed by atoms with Crippen LogP contribution in [0.2, 0.25) is 0 Å². The number of rotatable bonds is 32. The Balaban J connectivity index is 1.71. The third-order valence-electron chi connectivity index (χ3n) is 12.8. The summed E-state index contributed by atoms with van der Waals surface area (Å²) in [6, 6.07) is 15.5. The van der Waals surface area contributed by atoms with Crippen LogP contribution in [0.25, 0.3) is 0 Å². The second kappa shape index (κ2) is 28.7. The summed E-state index contributed by atoms with van der Waals surface area (Å²) in [4.78, 5) is 27.0. The van der Waals surface area contributed by atoms with Crippen LogP contribution < -0.4 is 15.2 Å². The van der Waals surface area contributed by atoms with Gasteiger partial charge in [-0.1, -0.05) is 135 Å². The van der Waals surface area contributed by atoms with Gasteiger partial charge in [0.2, 0.25) is 0 Å². The molecule has 0 aliphatic rings. The molecule has 0 fully saturated rings. The smallest absolute Gasteiger partial charge is 0.136 e. The van der Waals surface area contributed by atoms with E-state index in [1.54, 1.807) is 0 Å². The minimum atomic E-state index is -0.281. The predicted molar refractivity (Wildman–Crippen MR) is 278 cm³/mol. The highest BCUT2D eigenvalue weighted by Crippen LogP contribution is 2.37. The summed E-state index contributed by atoms with van der Waals surface area (Å²) in [7, 11) is 0. The Kier molecular flexibility index (Phi) is 25.8. The molecule has 7 heteroatoms. The van der Waals surface area contributed by atoms with E-state index in [-0.39, 0.29) is 28.7 Å². The van der Waals surface area contributed by atoms with Crippen LogP contribution in [0.5, 0.6) is 11.5 Å². The highest BCUT2D eigenvalue weighted by molar-refractivity contribution is 5.81. The van der Waals surface area contributed by atoms with Gasteiger partial charge in [-0.15, -0.1) is 0 Å². The molecule has 0 spiro atoms. The second-order valence-corrected chi connectivity index (χ2v) is 25.3. The zero-order valence-electron chi connectivity index (χ0n) is 45.4. The van der Waals surface area contributed by atoms with Gasteiger partial charge in [0.25, 0.3) is 0 Å². The number of ketones is 2. The summed E-state index contributed by atoms with van der Waals surface area (Å²) < 4.78 is 23.7. The van der Waals surface area contributed by atoms with Crippen LogP contribution in [-0.4, -0.2) is 51.2 Å². The molecule has 0 aliphatic carbocycles. The number of benzene rings is 2. The van der Waals surface area contributed by atoms with Crippen molar-refractivity contribution in [3.63, 3.8) is 0 Å². The van der Waals surface area contributed by atoms with E-state index in [2.05, 4.69) is 111 Å². The van der Waals surface area contributed by atoms with E-state index in [4.69, 9.17) is 24.7 Å². The SMILES string of the molecule is CC(CCC(C(=O)CCCOCCOc1ccc(C(N)c2ccc(OCCOCCCC(=O)C(CCC(C)CC(C)(C)C)C(C)CC(C)(C)C)cc2)cc1)C(C)CC(C)(C)C)CC(C)(C)C. The van der Waals surface area contributed by atoms with Crippen molar-refractivity contribution in [3.05, 3.63) is 59.7 Å². The van der Waals surface area contributed by atoms with E-state index >= 15 is 0 Å². The molecule has 2 aromatic carbocycles. The average molecular weight is 920 g/mol. The van der Waals surface area contributed by atoms with Crippen molar-refractivity contribution >= 4 is 11.6 Å². The molecule has 2 rings (SSSR count). The van der Waals surface area contributed by atoms with Crippen molar-refractivity contribution in [2.24, 2.45) is 62.9 Å². The Hall–Kier alpha value is -2.74. The van der Waals surface area contributed by atoms with Crippen LogP contribution in [0.1, 0.15) is 205 Å². The molecule has 6 atom stereocenters. The Morgan fingerprint density at radius 2 is 0.773 bits per heavy atom. The van der Waals surface area contributed by atoms with Gasteiger partial charge in [-0.25, -0.2) is 0 Å². The molecular formula is C59H101NO6. The molecule has 0 bridgehead atoms. The van der Waals surface area contributed by atoms with Gasteiger partial charge in [-0.2, -0.15) is 0 Å². The van der Waals surface area contributed by atoms with Crippen molar-refractivity contribution in [3.8, 4) is 11.5 Å². The molecule has 66 heavy (non-hydrogen) atoms. The molecular weight excluding hydrogens is 819 g/mol. The van der Waals surface area contributed by atoms with Crippen LogP contribution in [0, 0.1) is 57.2 Å². The van der Waals surface area contributed by atoms with E-state index in [1.807, 2.05) is 48.5 Å². The van der Waals surface area contributed by atoms with Gasteiger partial charge in [0, 0.05) is 37.9 Å². The maximum Gasteiger partial charge on any atom is 0.136 e. The fourth-order valence-corrected chi connectivity index (χ4v) is 10.4. The van der Waals surface area contributed by atoms with Crippen molar-refractivity contribution in [2.45, 2.75) is 194 Å². The number of Topliss-reactive ketones (excluding diaryl/α,β-unsaturated/α-hetero) is 2. The molecule has 2 aromatic rings. The topological polar surface area (TPSA) is 97.1 Å². The molecule has 0 aromatic heterocycles. The standard InChI is InChI=1S/C59H101NO6/c1-43(39-56(5,6)7)21-31-51(45(3)41-58(11,12)13)53(61)19-17-33-63-35-37-65-49-27-23-47(24-28-49)55(60)48-25-29-50(30-26-48)66-38-36-64-34-18-20-54(62)52(46(4)42-59(14,15)16)32-22-44(2)40-57(8,9)10/h23-30,43-46,51-52,55H,17-22,31-42,60H2,1-16H3. The van der Waals surface area contributed by atoms with Gasteiger partial charge in [-0.3, -0.25) is 9.59 Å². The fraction of sp³-hybridized carbons (Fsp3) is 0.763. The molecule has 0 saturated carbocycles. The summed E-state index contributed by atoms with van der Waals surface area (Å²) >= 11 is 0. The second-order valence-electron chi connectivity index (χ2n) is 25.3. The quantitative estimate of drug-likeness (QED) is 0.0730. The van der Waals surface area contributed by atoms with Crippen molar-refractivity contribution in [1.29, 1.82) is 0 Å². The van der Waals surface area contributed by atoms with Gasteiger partial charge in [0.15, 0.2) is 0 Å². The van der Waals surface area contributed by atoms with E-state index in [1.165, 1.54) is 12.8 Å². The first-order valence-corrected chi connectivity index (χ1v) is 26.0. The van der Waals surface area contributed by atoms with Gasteiger partial charge < -0.3 is 24.7 Å². The monoisotopic (exact) mass is 920 g/mol. The molecule has 0 aliphatic heterocycles. The average Bonchev–Trinajstić information content (AvgIpc) is 3.17. The van der Waals surface area contributed by atoms with Crippen LogP contribution >= 0.6 is 0 Å². The molecule has 7 nitrogen and oxygen atoms in total. The Labute approximate surface area is 406 Å². The Bertz CT molecular complexity index is 1500. The molecule has 2 N–H and O–H groups in total. The molecule has 0 amide bonds. The summed E-state index contributed by atoms with van der Waals surface area (Å²) in [5, 5.41) is 0. The first kappa shape index (κ1) is 59.4. The van der Waals surface area contributed by atoms with Gasteiger partial charge in [0.05, 0.1) is 19.3 Å². The summed E-state index contributed by atoms with van der Waals surface area (Å²) in [6.07, 6.45) is 11.3. The largest absolute Gasteiger partial charge is 0.491 e. The van der Waals surface area contributed by atoms with Crippen molar-refractivity contribution in [1.82, 2.24) is 0 Å². The highest BCUT2D eigenvalue weighted by Gasteiger charge is 2.30. The molecule has 0 radical (unpaired) electrons. The number of hydrogen-bond donors (Lipinski definition) is 1. The van der Waals surface area contributed by atoms with Crippen LogP contribution in [-0.2, 0) is 19.1 Å². The fourth-order valence-electron chi connectivity index (χ4n) is 10.4. The van der Waals surface area contributed by atoms with Crippen LogP contribution in [0.15, 0.2) is 48.5 Å². The van der Waals surface area contributed by atoms with Crippen LogP contribution in [0.4, 0.5) is 0 Å². The van der Waals surface area contributed by atoms with Crippen LogP contribution in [0.3, 0.4) is 0 Å². The molecule has 0 saturated heterocycles. The van der Waals surface area contributed by atoms with Gasteiger partial charge in [0.1, 0.15) is 36.3 Å². The number of nitrogens with two attached hydrogens (primary N) is 1.